The first-order chi connectivity index (χ1) is 10.0. The zero-order chi connectivity index (χ0) is 15.1. The molecule has 0 saturated heterocycles. The summed E-state index contributed by atoms with van der Waals surface area (Å²) in [5.41, 5.74) is 0.766. The summed E-state index contributed by atoms with van der Waals surface area (Å²) in [6.45, 7) is 0. The molecule has 1 aromatic heterocycles. The number of fused-ring (bicyclic) bond motifs is 1. The van der Waals surface area contributed by atoms with Gasteiger partial charge in [0, 0.05) is 12.1 Å². The lowest BCUT2D eigenvalue weighted by atomic mass is 10.2. The molecular weight excluding hydrogens is 416 g/mol. The number of rotatable bonds is 2. The van der Waals surface area contributed by atoms with Crippen LogP contribution in [0.3, 0.4) is 0 Å². The molecule has 0 saturated carbocycles. The van der Waals surface area contributed by atoms with Gasteiger partial charge in [0.1, 0.15) is 23.3 Å². The largest absolute Gasteiger partial charge is 0.292 e. The number of alkyl halides is 1. The molecule has 7 heteroatoms. The van der Waals surface area contributed by atoms with Crippen LogP contribution in [0.4, 0.5) is 13.2 Å². The van der Waals surface area contributed by atoms with Crippen molar-refractivity contribution in [3.63, 3.8) is 0 Å². The van der Waals surface area contributed by atoms with Gasteiger partial charge in [-0.1, -0.05) is 0 Å². The zero-order valence-corrected chi connectivity index (χ0v) is 13.3. The summed E-state index contributed by atoms with van der Waals surface area (Å²) < 4.78 is 42.9. The maximum Gasteiger partial charge on any atom is 0.147 e. The van der Waals surface area contributed by atoms with Gasteiger partial charge >= 0.3 is 0 Å². The van der Waals surface area contributed by atoms with E-state index in [9.17, 15) is 13.2 Å². The van der Waals surface area contributed by atoms with Crippen LogP contribution in [-0.4, -0.2) is 9.55 Å². The van der Waals surface area contributed by atoms with Crippen molar-refractivity contribution in [3.05, 3.63) is 57.2 Å². The Balaban J connectivity index is 2.40. The van der Waals surface area contributed by atoms with Crippen molar-refractivity contribution in [2.45, 2.75) is 5.88 Å². The van der Waals surface area contributed by atoms with Crippen molar-refractivity contribution < 1.29 is 13.2 Å². The van der Waals surface area contributed by atoms with Gasteiger partial charge in [-0.15, -0.1) is 11.6 Å². The highest BCUT2D eigenvalue weighted by Gasteiger charge is 2.17. The molecule has 108 valence electrons. The molecule has 3 rings (SSSR count). The van der Waals surface area contributed by atoms with Crippen molar-refractivity contribution in [2.24, 2.45) is 0 Å². The van der Waals surface area contributed by atoms with E-state index in [1.807, 2.05) is 22.6 Å². The van der Waals surface area contributed by atoms with Gasteiger partial charge in [0.25, 0.3) is 0 Å². The fourth-order valence-corrected chi connectivity index (χ4v) is 2.77. The zero-order valence-electron chi connectivity index (χ0n) is 10.4. The molecule has 0 radical (unpaired) electrons. The molecule has 0 bridgehead atoms. The van der Waals surface area contributed by atoms with Crippen LogP contribution < -0.4 is 0 Å². The van der Waals surface area contributed by atoms with Crippen LogP contribution in [-0.2, 0) is 5.88 Å². The Morgan fingerprint density at radius 2 is 1.86 bits per heavy atom. The van der Waals surface area contributed by atoms with Crippen LogP contribution in [0.25, 0.3) is 16.7 Å². The van der Waals surface area contributed by atoms with E-state index in [0.29, 0.717) is 20.4 Å². The van der Waals surface area contributed by atoms with Crippen LogP contribution in [0.2, 0.25) is 0 Å². The predicted molar refractivity (Wildman–Crippen MR) is 83.2 cm³/mol. The fraction of sp³-hybridized carbons (Fsp3) is 0.0714. The molecule has 0 fully saturated rings. The summed E-state index contributed by atoms with van der Waals surface area (Å²) >= 11 is 7.67. The van der Waals surface area contributed by atoms with Gasteiger partial charge < -0.3 is 0 Å². The Kier molecular flexibility index (Phi) is 3.83. The van der Waals surface area contributed by atoms with Crippen molar-refractivity contribution >= 4 is 45.2 Å². The molecule has 0 aliphatic rings. The standard InChI is InChI=1S/C14H7ClF3IN2/c15-6-14-20-11-5-10(19)9(18)4-13(11)21(14)12-3-7(16)1-2-8(12)17/h1-5H,6H2. The van der Waals surface area contributed by atoms with E-state index in [0.717, 1.165) is 18.2 Å². The highest BCUT2D eigenvalue weighted by molar-refractivity contribution is 14.1. The average molecular weight is 423 g/mol. The number of hydrogen-bond acceptors (Lipinski definition) is 1. The summed E-state index contributed by atoms with van der Waals surface area (Å²) in [4.78, 5) is 4.25. The lowest BCUT2D eigenvalue weighted by Gasteiger charge is -2.09. The molecule has 21 heavy (non-hydrogen) atoms. The lowest BCUT2D eigenvalue weighted by Crippen LogP contribution is -2.03. The number of hydrogen-bond donors (Lipinski definition) is 0. The molecule has 0 aliphatic heterocycles. The van der Waals surface area contributed by atoms with Gasteiger partial charge in [-0.25, -0.2) is 18.2 Å². The Bertz CT molecular complexity index is 848. The van der Waals surface area contributed by atoms with Crippen molar-refractivity contribution in [2.75, 3.05) is 0 Å². The van der Waals surface area contributed by atoms with E-state index in [-0.39, 0.29) is 11.6 Å². The molecule has 0 atom stereocenters. The Morgan fingerprint density at radius 3 is 2.57 bits per heavy atom. The average Bonchev–Trinajstić information content (AvgIpc) is 2.79. The molecule has 2 aromatic carbocycles. The van der Waals surface area contributed by atoms with Gasteiger partial charge in [0.2, 0.25) is 0 Å². The number of halogens is 5. The first-order valence-electron chi connectivity index (χ1n) is 5.89. The van der Waals surface area contributed by atoms with Crippen LogP contribution in [0.5, 0.6) is 0 Å². The Morgan fingerprint density at radius 1 is 1.10 bits per heavy atom. The quantitative estimate of drug-likeness (QED) is 0.429. The summed E-state index contributed by atoms with van der Waals surface area (Å²) in [5, 5.41) is 0. The SMILES string of the molecule is Fc1ccc(F)c(-n2c(CCl)nc3cc(I)c(F)cc32)c1. The molecule has 0 spiro atoms. The number of benzene rings is 2. The molecule has 0 amide bonds. The third kappa shape index (κ3) is 2.50. The number of aromatic nitrogens is 2. The Hall–Kier alpha value is -1.28. The smallest absolute Gasteiger partial charge is 0.147 e. The molecule has 2 nitrogen and oxygen atoms in total. The molecule has 0 unspecified atom stereocenters. The van der Waals surface area contributed by atoms with E-state index < -0.39 is 17.5 Å². The van der Waals surface area contributed by atoms with E-state index in [4.69, 9.17) is 11.6 Å². The van der Waals surface area contributed by atoms with Crippen molar-refractivity contribution in [3.8, 4) is 5.69 Å². The summed E-state index contributed by atoms with van der Waals surface area (Å²) in [5.74, 6) is -1.39. The minimum absolute atomic E-state index is 0.0111. The Labute approximate surface area is 136 Å². The highest BCUT2D eigenvalue weighted by atomic mass is 127. The molecular formula is C14H7ClF3IN2. The van der Waals surface area contributed by atoms with Crippen LogP contribution in [0.1, 0.15) is 5.82 Å². The second kappa shape index (κ2) is 5.49. The molecule has 0 N–H and O–H groups in total. The third-order valence-electron chi connectivity index (χ3n) is 3.03. The summed E-state index contributed by atoms with van der Waals surface area (Å²) in [7, 11) is 0. The molecule has 1 heterocycles. The number of imidazole rings is 1. The van der Waals surface area contributed by atoms with Gasteiger partial charge in [0.15, 0.2) is 0 Å². The monoisotopic (exact) mass is 422 g/mol. The normalized spacial score (nSPS) is 11.3. The predicted octanol–water partition coefficient (Wildman–Crippen LogP) is 4.79. The van der Waals surface area contributed by atoms with Gasteiger partial charge in [-0.2, -0.15) is 0 Å². The van der Waals surface area contributed by atoms with Crippen molar-refractivity contribution in [1.29, 1.82) is 0 Å². The second-order valence-corrected chi connectivity index (χ2v) is 5.78. The van der Waals surface area contributed by atoms with Crippen molar-refractivity contribution in [1.82, 2.24) is 9.55 Å². The third-order valence-corrected chi connectivity index (χ3v) is 4.10. The van der Waals surface area contributed by atoms with Crippen LogP contribution in [0.15, 0.2) is 30.3 Å². The maximum absolute atomic E-state index is 14.0. The highest BCUT2D eigenvalue weighted by Crippen LogP contribution is 2.27. The van der Waals surface area contributed by atoms with Gasteiger partial charge in [-0.05, 0) is 40.8 Å². The van der Waals surface area contributed by atoms with Gasteiger partial charge in [0.05, 0.1) is 26.2 Å². The topological polar surface area (TPSA) is 17.8 Å². The van der Waals surface area contributed by atoms with Crippen LogP contribution in [0, 0.1) is 21.0 Å². The van der Waals surface area contributed by atoms with Crippen LogP contribution >= 0.6 is 34.2 Å². The fourth-order valence-electron chi connectivity index (χ4n) is 2.14. The number of nitrogens with zero attached hydrogens (tertiary/aromatic N) is 2. The molecule has 3 aromatic rings. The second-order valence-electron chi connectivity index (χ2n) is 4.35. The van der Waals surface area contributed by atoms with E-state index in [1.165, 1.54) is 16.7 Å². The first-order valence-corrected chi connectivity index (χ1v) is 7.50. The van der Waals surface area contributed by atoms with E-state index >= 15 is 0 Å². The minimum Gasteiger partial charge on any atom is -0.292 e. The maximum atomic E-state index is 14.0. The van der Waals surface area contributed by atoms with E-state index in [2.05, 4.69) is 4.98 Å². The van der Waals surface area contributed by atoms with Gasteiger partial charge in [-0.3, -0.25) is 4.57 Å². The summed E-state index contributed by atoms with van der Waals surface area (Å²) in [6.07, 6.45) is 0. The first kappa shape index (κ1) is 14.6. The van der Waals surface area contributed by atoms with E-state index in [1.54, 1.807) is 0 Å². The lowest BCUT2D eigenvalue weighted by molar-refractivity contribution is 0.592. The summed E-state index contributed by atoms with van der Waals surface area (Å²) in [6, 6.07) is 5.83. The minimum atomic E-state index is -0.638. The molecule has 0 aliphatic carbocycles.